The topological polar surface area (TPSA) is 45.2 Å². The van der Waals surface area contributed by atoms with E-state index >= 15 is 0 Å². The van der Waals surface area contributed by atoms with E-state index in [1.165, 1.54) is 0 Å². The molecule has 0 amide bonds. The van der Waals surface area contributed by atoms with E-state index in [2.05, 4.69) is 51.9 Å². The van der Waals surface area contributed by atoms with Crippen LogP contribution in [0.5, 0.6) is 0 Å². The molecular formula is C16H15BrN2O. The number of Topliss-reactive ketones (excluding diaryl/α,β-unsaturated/α-hetero) is 1. The maximum Gasteiger partial charge on any atom is 0.173 e. The smallest absolute Gasteiger partial charge is 0.173 e. The Morgan fingerprint density at radius 2 is 2.20 bits per heavy atom. The lowest BCUT2D eigenvalue weighted by molar-refractivity contribution is 0.102. The summed E-state index contributed by atoms with van der Waals surface area (Å²) in [4.78, 5) is 19.6. The molecule has 0 unspecified atom stereocenters. The zero-order valence-corrected chi connectivity index (χ0v) is 13.0. The summed E-state index contributed by atoms with van der Waals surface area (Å²) in [7, 11) is 0. The highest BCUT2D eigenvalue weighted by atomic mass is 79.9. The maximum absolute atomic E-state index is 11.8. The van der Waals surface area contributed by atoms with Gasteiger partial charge in [-0.1, -0.05) is 41.9 Å². The van der Waals surface area contributed by atoms with E-state index in [9.17, 15) is 4.79 Å². The summed E-state index contributed by atoms with van der Waals surface area (Å²) in [6.07, 6.45) is 6.10. The van der Waals surface area contributed by atoms with Crippen LogP contribution in [-0.2, 0) is 0 Å². The van der Waals surface area contributed by atoms with E-state index in [0.717, 1.165) is 27.2 Å². The van der Waals surface area contributed by atoms with Gasteiger partial charge in [0.05, 0.1) is 5.33 Å². The Balaban J connectivity index is 2.36. The van der Waals surface area contributed by atoms with Crippen molar-refractivity contribution in [3.63, 3.8) is 0 Å². The van der Waals surface area contributed by atoms with Crippen LogP contribution in [0.2, 0.25) is 0 Å². The molecule has 3 rings (SSSR count). The molecule has 2 aromatic rings. The minimum Gasteiger partial charge on any atom is -0.339 e. The van der Waals surface area contributed by atoms with Gasteiger partial charge in [0.2, 0.25) is 0 Å². The molecule has 0 fully saturated rings. The largest absolute Gasteiger partial charge is 0.339 e. The first-order valence-corrected chi connectivity index (χ1v) is 7.62. The fourth-order valence-electron chi connectivity index (χ4n) is 2.42. The van der Waals surface area contributed by atoms with Gasteiger partial charge in [-0.3, -0.25) is 4.79 Å². The van der Waals surface area contributed by atoms with Gasteiger partial charge in [0.25, 0.3) is 0 Å². The van der Waals surface area contributed by atoms with E-state index in [1.54, 1.807) is 0 Å². The molecule has 0 atom stereocenters. The minimum absolute atomic E-state index is 0.0562. The quantitative estimate of drug-likeness (QED) is 0.667. The van der Waals surface area contributed by atoms with Crippen LogP contribution in [0.25, 0.3) is 17.0 Å². The molecule has 1 aromatic heterocycles. The van der Waals surface area contributed by atoms with Gasteiger partial charge in [-0.2, -0.15) is 0 Å². The molecule has 1 aromatic carbocycles. The van der Waals surface area contributed by atoms with Crippen molar-refractivity contribution < 1.29 is 4.79 Å². The molecule has 0 spiro atoms. The van der Waals surface area contributed by atoms with Gasteiger partial charge in [-0.25, -0.2) is 4.99 Å². The van der Waals surface area contributed by atoms with E-state index in [-0.39, 0.29) is 11.2 Å². The number of carbonyl (C=O) groups is 1. The second kappa shape index (κ2) is 4.70. The number of hydrogen-bond acceptors (Lipinski definition) is 2. The molecule has 102 valence electrons. The first-order chi connectivity index (χ1) is 9.50. The molecule has 2 heterocycles. The summed E-state index contributed by atoms with van der Waals surface area (Å²) in [6.45, 7) is 4.28. The standard InChI is InChI=1S/C16H15BrN2O/c1-16(2)5-6-18-15-12(8-16)11-7-10(14(20)9-17)3-4-13(11)19-15/h3-8H,9H2,1-2H3,(H,18,19). The van der Waals surface area contributed by atoms with E-state index in [1.807, 2.05) is 24.4 Å². The molecule has 0 saturated carbocycles. The predicted molar refractivity (Wildman–Crippen MR) is 84.6 cm³/mol. The highest BCUT2D eigenvalue weighted by Crippen LogP contribution is 2.20. The Morgan fingerprint density at radius 1 is 1.40 bits per heavy atom. The number of nitrogens with one attached hydrogen (secondary N) is 1. The van der Waals surface area contributed by atoms with Gasteiger partial charge in [0, 0.05) is 33.3 Å². The normalized spacial score (nSPS) is 16.1. The van der Waals surface area contributed by atoms with E-state index in [0.29, 0.717) is 5.33 Å². The molecule has 3 nitrogen and oxygen atoms in total. The Bertz CT molecular complexity index is 843. The average molecular weight is 331 g/mol. The van der Waals surface area contributed by atoms with Gasteiger partial charge < -0.3 is 4.98 Å². The number of hydrogen-bond donors (Lipinski definition) is 1. The van der Waals surface area contributed by atoms with Crippen LogP contribution in [0, 0.1) is 5.41 Å². The number of allylic oxidation sites excluding steroid dienone is 1. The van der Waals surface area contributed by atoms with Crippen molar-refractivity contribution in [1.82, 2.24) is 4.98 Å². The monoisotopic (exact) mass is 330 g/mol. The number of benzene rings is 1. The van der Waals surface area contributed by atoms with Crippen molar-refractivity contribution in [2.75, 3.05) is 5.33 Å². The summed E-state index contributed by atoms with van der Waals surface area (Å²) >= 11 is 3.22. The molecule has 1 aliphatic heterocycles. The zero-order valence-electron chi connectivity index (χ0n) is 11.4. The van der Waals surface area contributed by atoms with Gasteiger partial charge in [-0.15, -0.1) is 0 Å². The number of nitrogens with zero attached hydrogens (tertiary/aromatic N) is 1. The molecule has 4 heteroatoms. The van der Waals surface area contributed by atoms with Crippen molar-refractivity contribution in [2.45, 2.75) is 13.8 Å². The number of aromatic amines is 1. The molecule has 0 bridgehead atoms. The van der Waals surface area contributed by atoms with Crippen LogP contribution in [0.4, 0.5) is 0 Å². The molecule has 0 aliphatic carbocycles. The number of halogens is 1. The Hall–Kier alpha value is -1.68. The summed E-state index contributed by atoms with van der Waals surface area (Å²) in [5, 5.41) is 2.46. The first-order valence-electron chi connectivity index (χ1n) is 6.49. The fourth-order valence-corrected chi connectivity index (χ4v) is 2.74. The SMILES string of the molecule is CC1(C)C=CN=c2[nH]c3ccc(C(=O)CBr)cc3c2=C1. The lowest BCUT2D eigenvalue weighted by Crippen LogP contribution is -2.24. The van der Waals surface area contributed by atoms with Crippen molar-refractivity contribution in [2.24, 2.45) is 10.4 Å². The molecular weight excluding hydrogens is 316 g/mol. The van der Waals surface area contributed by atoms with Gasteiger partial charge in [0.15, 0.2) is 5.78 Å². The summed E-state index contributed by atoms with van der Waals surface area (Å²) in [5.41, 5.74) is 2.52. The summed E-state index contributed by atoms with van der Waals surface area (Å²) < 4.78 is 0. The number of ketones is 1. The second-order valence-electron chi connectivity index (χ2n) is 5.61. The third-order valence-electron chi connectivity index (χ3n) is 3.49. The lowest BCUT2D eigenvalue weighted by atomic mass is 9.92. The first kappa shape index (κ1) is 13.3. The highest BCUT2D eigenvalue weighted by molar-refractivity contribution is 9.09. The number of aromatic nitrogens is 1. The summed E-state index contributed by atoms with van der Waals surface area (Å²) in [5.74, 6) is 0.0878. The Kier molecular flexibility index (Phi) is 3.13. The zero-order chi connectivity index (χ0) is 14.3. The van der Waals surface area contributed by atoms with Crippen LogP contribution in [0.3, 0.4) is 0 Å². The third kappa shape index (κ3) is 2.24. The predicted octanol–water partition coefficient (Wildman–Crippen LogP) is 2.70. The van der Waals surface area contributed by atoms with Gasteiger partial charge in [-0.05, 0) is 18.2 Å². The fraction of sp³-hybridized carbons (Fsp3) is 0.250. The second-order valence-corrected chi connectivity index (χ2v) is 6.18. The van der Waals surface area contributed by atoms with Crippen LogP contribution < -0.4 is 10.7 Å². The minimum atomic E-state index is -0.0562. The molecule has 1 aliphatic rings. The Labute approximate surface area is 125 Å². The van der Waals surface area contributed by atoms with Crippen LogP contribution >= 0.6 is 15.9 Å². The Morgan fingerprint density at radius 3 is 2.95 bits per heavy atom. The van der Waals surface area contributed by atoms with Gasteiger partial charge in [0.1, 0.15) is 5.49 Å². The lowest BCUT2D eigenvalue weighted by Gasteiger charge is -2.12. The highest BCUT2D eigenvalue weighted by Gasteiger charge is 2.14. The van der Waals surface area contributed by atoms with Crippen molar-refractivity contribution in [3.05, 3.63) is 46.7 Å². The maximum atomic E-state index is 11.8. The third-order valence-corrected chi connectivity index (χ3v) is 3.99. The molecule has 0 saturated heterocycles. The van der Waals surface area contributed by atoms with Crippen molar-refractivity contribution in [3.8, 4) is 0 Å². The van der Waals surface area contributed by atoms with Gasteiger partial charge >= 0.3 is 0 Å². The van der Waals surface area contributed by atoms with E-state index < -0.39 is 0 Å². The average Bonchev–Trinajstić information content (AvgIpc) is 2.66. The molecule has 20 heavy (non-hydrogen) atoms. The van der Waals surface area contributed by atoms with Crippen molar-refractivity contribution in [1.29, 1.82) is 0 Å². The van der Waals surface area contributed by atoms with E-state index in [4.69, 9.17) is 0 Å². The van der Waals surface area contributed by atoms with Crippen LogP contribution in [0.15, 0.2) is 35.5 Å². The van der Waals surface area contributed by atoms with Crippen LogP contribution in [0.1, 0.15) is 24.2 Å². The number of H-pyrrole nitrogens is 1. The summed E-state index contributed by atoms with van der Waals surface area (Å²) in [6, 6.07) is 5.74. The molecule has 1 N–H and O–H groups in total. The number of rotatable bonds is 2. The molecule has 0 radical (unpaired) electrons. The van der Waals surface area contributed by atoms with Crippen LogP contribution in [-0.4, -0.2) is 16.1 Å². The van der Waals surface area contributed by atoms with Crippen molar-refractivity contribution >= 4 is 38.7 Å². The number of carbonyl (C=O) groups excluding carboxylic acids is 1. The number of fused-ring (bicyclic) bond motifs is 3. The number of alkyl halides is 1.